The van der Waals surface area contributed by atoms with E-state index in [4.69, 9.17) is 4.98 Å². The van der Waals surface area contributed by atoms with Crippen LogP contribution in [0.3, 0.4) is 0 Å². The smallest absolute Gasteiger partial charge is 0.0932 e. The van der Waals surface area contributed by atoms with Crippen molar-refractivity contribution in [2.45, 2.75) is 52.9 Å². The fraction of sp³-hybridized carbons (Fsp3) is 0.163. The zero-order chi connectivity index (χ0) is 35.6. The van der Waals surface area contributed by atoms with Crippen LogP contribution in [0.15, 0.2) is 174 Å². The molecule has 1 nitrogen and oxygen atoms in total. The highest BCUT2D eigenvalue weighted by Gasteiger charge is 2.22. The summed E-state index contributed by atoms with van der Waals surface area (Å²) in [5, 5.41) is 1.13. The van der Waals surface area contributed by atoms with Gasteiger partial charge < -0.3 is 0 Å². The molecule has 2 aliphatic carbocycles. The van der Waals surface area contributed by atoms with Crippen molar-refractivity contribution in [2.75, 3.05) is 0 Å². The number of allylic oxidation sites excluding steroid dienone is 16. The molecule has 0 N–H and O–H groups in total. The van der Waals surface area contributed by atoms with Gasteiger partial charge in [-0.15, -0.1) is 11.3 Å². The van der Waals surface area contributed by atoms with Gasteiger partial charge >= 0.3 is 0 Å². The summed E-state index contributed by atoms with van der Waals surface area (Å²) in [6, 6.07) is 28.2. The van der Waals surface area contributed by atoms with Crippen LogP contribution < -0.4 is 0 Å². The van der Waals surface area contributed by atoms with Crippen molar-refractivity contribution in [1.82, 2.24) is 4.98 Å². The molecule has 1 aromatic heterocycles. The van der Waals surface area contributed by atoms with Crippen LogP contribution in [-0.4, -0.2) is 4.98 Å². The average Bonchev–Trinajstić information content (AvgIpc) is 3.39. The molecule has 0 bridgehead atoms. The van der Waals surface area contributed by atoms with Crippen LogP contribution in [0.25, 0.3) is 33.9 Å². The molecule has 0 aliphatic heterocycles. The second kappa shape index (κ2) is 16.9. The Bertz CT molecular complexity index is 2150. The van der Waals surface area contributed by atoms with E-state index in [1.165, 1.54) is 55.0 Å². The number of thiazole rings is 1. The van der Waals surface area contributed by atoms with Gasteiger partial charge in [0.25, 0.3) is 0 Å². The Morgan fingerprint density at radius 1 is 0.902 bits per heavy atom. The molecule has 252 valence electrons. The lowest BCUT2D eigenvalue weighted by molar-refractivity contribution is 0.939. The van der Waals surface area contributed by atoms with Crippen LogP contribution in [0.5, 0.6) is 0 Å². The zero-order valence-corrected chi connectivity index (χ0v) is 30.9. The van der Waals surface area contributed by atoms with E-state index in [0.29, 0.717) is 6.42 Å². The number of aryl methyl sites for hydroxylation is 1. The molecule has 0 fully saturated rings. The summed E-state index contributed by atoms with van der Waals surface area (Å²) in [6.07, 6.45) is 26.4. The molecule has 1 heterocycles. The molecule has 51 heavy (non-hydrogen) atoms. The van der Waals surface area contributed by atoms with Gasteiger partial charge in [0.15, 0.2) is 0 Å². The summed E-state index contributed by atoms with van der Waals surface area (Å²) >= 11 is 1.79. The second-order valence-corrected chi connectivity index (χ2v) is 13.9. The molecule has 3 aromatic carbocycles. The number of nitrogens with zero attached hydrogens (tertiary/aromatic N) is 1. The predicted molar refractivity (Wildman–Crippen MR) is 222 cm³/mol. The van der Waals surface area contributed by atoms with Gasteiger partial charge in [-0.2, -0.15) is 0 Å². The molecule has 4 aromatic rings. The largest absolute Gasteiger partial charge is 0.244 e. The summed E-state index contributed by atoms with van der Waals surface area (Å²) < 4.78 is 0. The molecule has 0 amide bonds. The lowest BCUT2D eigenvalue weighted by atomic mass is 9.88. The van der Waals surface area contributed by atoms with Gasteiger partial charge in [0, 0.05) is 6.42 Å². The third kappa shape index (κ3) is 8.46. The fourth-order valence-electron chi connectivity index (χ4n) is 6.59. The number of aromatic nitrogens is 1. The summed E-state index contributed by atoms with van der Waals surface area (Å²) in [5.74, 6) is 7.17. The monoisotopic (exact) mass is 679 g/mol. The normalized spacial score (nSPS) is 17.6. The Morgan fingerprint density at radius 3 is 2.22 bits per heavy atom. The lowest BCUT2D eigenvalue weighted by Crippen LogP contribution is -2.03. The van der Waals surface area contributed by atoms with Crippen LogP contribution in [0.4, 0.5) is 0 Å². The SMILES string of the molecule is C=C/C=C(\C=C(/C)C1C#CC/C(c2cc(-c3ccccc3)cc(-c3ccccc3)c2)=C\c2sc(CC)nc21)C1=CC=C(C(/C=C\C)=C/C)CC=C1. The van der Waals surface area contributed by atoms with Crippen molar-refractivity contribution in [3.8, 4) is 34.1 Å². The third-order valence-corrected chi connectivity index (χ3v) is 10.4. The van der Waals surface area contributed by atoms with Gasteiger partial charge in [0.05, 0.1) is 21.5 Å². The van der Waals surface area contributed by atoms with Crippen molar-refractivity contribution in [2.24, 2.45) is 0 Å². The Hall–Kier alpha value is -5.49. The predicted octanol–water partition coefficient (Wildman–Crippen LogP) is 13.5. The van der Waals surface area contributed by atoms with E-state index < -0.39 is 0 Å². The Morgan fingerprint density at radius 2 is 1.59 bits per heavy atom. The molecule has 6 rings (SSSR count). The van der Waals surface area contributed by atoms with Crippen molar-refractivity contribution >= 4 is 23.0 Å². The first-order valence-electron chi connectivity index (χ1n) is 17.8. The van der Waals surface area contributed by atoms with Crippen LogP contribution in [-0.2, 0) is 6.42 Å². The maximum atomic E-state index is 5.21. The summed E-state index contributed by atoms with van der Waals surface area (Å²) in [5.41, 5.74) is 14.3. The highest BCUT2D eigenvalue weighted by Crippen LogP contribution is 2.38. The first-order valence-corrected chi connectivity index (χ1v) is 18.7. The number of benzene rings is 3. The standard InChI is InChI=1S/C49H45NS/c1-6-18-36(8-3)39-24-16-25-40(29-28-39)41(19-7-2)30-35(5)46-27-17-26-42(34-47-49(46)50-48(9-4)51-47)45-32-43(37-20-12-10-13-21-37)31-44(33-45)38-22-14-11-15-23-38/h6-8,10-16,18-23,25,28-34,46H,2,9,24,26H2,1,3-5H3/b18-6-,35-30+,36-8+,41-19+,42-34+. The average molecular weight is 680 g/mol. The Kier molecular flexibility index (Phi) is 11.7. The lowest BCUT2D eigenvalue weighted by Gasteiger charge is -2.16. The van der Waals surface area contributed by atoms with Crippen LogP contribution in [0.1, 0.15) is 67.6 Å². The Balaban J connectivity index is 1.40. The van der Waals surface area contributed by atoms with E-state index in [1.807, 2.05) is 6.08 Å². The fourth-order valence-corrected chi connectivity index (χ4v) is 7.60. The van der Waals surface area contributed by atoms with Crippen molar-refractivity contribution < 1.29 is 0 Å². The van der Waals surface area contributed by atoms with Gasteiger partial charge in [-0.1, -0.05) is 152 Å². The van der Waals surface area contributed by atoms with Gasteiger partial charge in [-0.3, -0.25) is 0 Å². The quantitative estimate of drug-likeness (QED) is 0.120. The van der Waals surface area contributed by atoms with Crippen LogP contribution in [0.2, 0.25) is 0 Å². The molecular weight excluding hydrogens is 635 g/mol. The molecule has 0 saturated heterocycles. The van der Waals surface area contributed by atoms with Gasteiger partial charge in [0.1, 0.15) is 0 Å². The number of hydrogen-bond acceptors (Lipinski definition) is 2. The molecule has 1 unspecified atom stereocenters. The van der Waals surface area contributed by atoms with Crippen LogP contribution in [0, 0.1) is 11.8 Å². The number of rotatable bonds is 10. The first kappa shape index (κ1) is 35.3. The Labute approximate surface area is 308 Å². The minimum absolute atomic E-state index is 0.108. The van der Waals surface area contributed by atoms with Crippen LogP contribution >= 0.6 is 11.3 Å². The molecular formula is C49H45NS. The number of hydrogen-bond donors (Lipinski definition) is 0. The third-order valence-electron chi connectivity index (χ3n) is 9.25. The molecule has 0 spiro atoms. The minimum atomic E-state index is -0.108. The second-order valence-electron chi connectivity index (χ2n) is 12.8. The van der Waals surface area contributed by atoms with Crippen molar-refractivity contribution in [3.05, 3.63) is 195 Å². The summed E-state index contributed by atoms with van der Waals surface area (Å²) in [7, 11) is 0. The molecule has 1 atom stereocenters. The highest BCUT2D eigenvalue weighted by atomic mass is 32.1. The zero-order valence-electron chi connectivity index (χ0n) is 30.1. The maximum absolute atomic E-state index is 5.21. The maximum Gasteiger partial charge on any atom is 0.0932 e. The van der Waals surface area contributed by atoms with E-state index in [1.54, 1.807) is 11.3 Å². The topological polar surface area (TPSA) is 12.9 Å². The minimum Gasteiger partial charge on any atom is -0.244 e. The molecule has 2 aliphatic rings. The van der Waals surface area contributed by atoms with E-state index in [2.05, 4.69) is 186 Å². The van der Waals surface area contributed by atoms with Crippen molar-refractivity contribution in [3.63, 3.8) is 0 Å². The van der Waals surface area contributed by atoms with Gasteiger partial charge in [0.2, 0.25) is 0 Å². The molecule has 2 heteroatoms. The van der Waals surface area contributed by atoms with E-state index in [0.717, 1.165) is 34.7 Å². The molecule has 0 radical (unpaired) electrons. The van der Waals surface area contributed by atoms with E-state index in [9.17, 15) is 0 Å². The highest BCUT2D eigenvalue weighted by molar-refractivity contribution is 7.12. The summed E-state index contributed by atoms with van der Waals surface area (Å²) in [4.78, 5) is 6.40. The van der Waals surface area contributed by atoms with Gasteiger partial charge in [-0.25, -0.2) is 4.98 Å². The summed E-state index contributed by atoms with van der Waals surface area (Å²) in [6.45, 7) is 12.6. The van der Waals surface area contributed by atoms with Crippen molar-refractivity contribution in [1.29, 1.82) is 0 Å². The van der Waals surface area contributed by atoms with Gasteiger partial charge in [-0.05, 0) is 114 Å². The van der Waals surface area contributed by atoms with E-state index in [-0.39, 0.29) is 5.92 Å². The molecule has 0 saturated carbocycles. The van der Waals surface area contributed by atoms with E-state index >= 15 is 0 Å². The first-order chi connectivity index (χ1) is 25.0. The number of fused-ring (bicyclic) bond motifs is 1.